The molecule has 12 heteroatoms. The van der Waals surface area contributed by atoms with Crippen molar-refractivity contribution in [2.24, 2.45) is 10.3 Å². The summed E-state index contributed by atoms with van der Waals surface area (Å²) < 4.78 is 51.5. The van der Waals surface area contributed by atoms with E-state index in [2.05, 4.69) is 14.4 Å². The van der Waals surface area contributed by atoms with Gasteiger partial charge in [-0.25, -0.2) is 8.42 Å². The summed E-state index contributed by atoms with van der Waals surface area (Å²) in [6.45, 7) is 1.90. The predicted molar refractivity (Wildman–Crippen MR) is 154 cm³/mol. The van der Waals surface area contributed by atoms with E-state index in [4.69, 9.17) is 0 Å². The van der Waals surface area contributed by atoms with Crippen LogP contribution in [0.15, 0.2) is 57.3 Å². The predicted octanol–water partition coefficient (Wildman–Crippen LogP) is 5.04. The van der Waals surface area contributed by atoms with Crippen LogP contribution in [0.25, 0.3) is 5.76 Å². The number of benzene rings is 2. The van der Waals surface area contributed by atoms with Crippen LogP contribution in [0, 0.1) is 5.92 Å². The van der Waals surface area contributed by atoms with Crippen LogP contribution in [0.3, 0.4) is 0 Å². The molecule has 5 rings (SSSR count). The molecule has 0 bridgehead atoms. The fourth-order valence-electron chi connectivity index (χ4n) is 5.77. The Kier molecular flexibility index (Phi) is 8.13. The second-order valence-electron chi connectivity index (χ2n) is 10.3. The van der Waals surface area contributed by atoms with Crippen LogP contribution >= 0.6 is 10.8 Å². The fraction of sp³-hybridized carbons (Fsp3) is 0.385. The second-order valence-corrected chi connectivity index (χ2v) is 13.7. The molecule has 38 heavy (non-hydrogen) atoms. The van der Waals surface area contributed by atoms with Crippen LogP contribution in [0.1, 0.15) is 56.6 Å². The van der Waals surface area contributed by atoms with E-state index in [-0.39, 0.29) is 68.8 Å². The molecule has 0 spiro atoms. The normalized spacial score (nSPS) is 23.8. The Morgan fingerprint density at radius 3 is 2.50 bits per heavy atom. The first-order chi connectivity index (χ1) is 17.4. The minimum atomic E-state index is -3.81. The molecule has 2 aromatic rings. The first kappa shape index (κ1) is 29.1. The van der Waals surface area contributed by atoms with Gasteiger partial charge in [-0.3, -0.25) is 18.6 Å². The number of hydrogen-bond donors (Lipinski definition) is 5. The number of hydrogen-bond acceptors (Lipinski definition) is 8. The average molecular weight is 570 g/mol. The van der Waals surface area contributed by atoms with E-state index in [1.807, 2.05) is 19.1 Å². The molecule has 1 unspecified atom stereocenters. The molecule has 2 aliphatic carbocycles. The van der Waals surface area contributed by atoms with Gasteiger partial charge in [0.2, 0.25) is 10.0 Å². The van der Waals surface area contributed by atoms with Crippen molar-refractivity contribution in [1.29, 1.82) is 0 Å². The van der Waals surface area contributed by atoms with E-state index in [0.717, 1.165) is 37.5 Å². The number of carbonyl (C=O) groups is 1. The van der Waals surface area contributed by atoms with Crippen molar-refractivity contribution >= 4 is 79.1 Å². The van der Waals surface area contributed by atoms with Crippen LogP contribution in [0.2, 0.25) is 0 Å². The second kappa shape index (κ2) is 10.6. The first-order valence-electron chi connectivity index (χ1n) is 12.2. The SMILES string of the molecule is CC1(CC2CCCCC2)C(=O)C(C2=NS(O)(O)c3cc(NS(C)(=O)=O)ccc3N2)=C(O)c2ccccc21.[NaH]. The van der Waals surface area contributed by atoms with Gasteiger partial charge in [0, 0.05) is 5.56 Å². The van der Waals surface area contributed by atoms with Gasteiger partial charge in [0.05, 0.1) is 23.0 Å². The Bertz CT molecular complexity index is 1450. The number of nitrogens with zero attached hydrogens (tertiary/aromatic N) is 1. The molecule has 1 fully saturated rings. The van der Waals surface area contributed by atoms with Gasteiger partial charge in [-0.05, 0) is 43.0 Å². The number of fused-ring (bicyclic) bond motifs is 2. The van der Waals surface area contributed by atoms with E-state index < -0.39 is 26.2 Å². The zero-order valence-corrected chi connectivity index (χ0v) is 22.3. The van der Waals surface area contributed by atoms with Gasteiger partial charge in [-0.1, -0.05) is 67.1 Å². The van der Waals surface area contributed by atoms with Crippen LogP contribution in [0.4, 0.5) is 11.4 Å². The molecule has 0 aromatic heterocycles. The standard InChI is InChI=1S/C26H31N3O6S2.Na.H/c1-26(15-16-8-4-3-5-9-16)19-11-7-6-10-18(19)23(30)22(24(26)31)25-27-20-13-12-17(28-36(2,32)33)14-21(20)37(34,35)29-25;;/h6-7,10-14,16,28,30,34-35H,3-5,8-9,15H2,1-2H3,(H,27,29);;. The third-order valence-electron chi connectivity index (χ3n) is 7.45. The molecule has 9 nitrogen and oxygen atoms in total. The number of sulfonamides is 1. The maximum atomic E-state index is 14.2. The van der Waals surface area contributed by atoms with Crippen LogP contribution < -0.4 is 10.0 Å². The first-order valence-corrected chi connectivity index (χ1v) is 15.6. The molecule has 2 aromatic carbocycles. The molecular weight excluding hydrogens is 537 g/mol. The van der Waals surface area contributed by atoms with Gasteiger partial charge in [0.1, 0.15) is 16.2 Å². The number of carbonyl (C=O) groups excluding carboxylic acids is 1. The van der Waals surface area contributed by atoms with Crippen LogP contribution in [-0.2, 0) is 20.2 Å². The third kappa shape index (κ3) is 5.42. The van der Waals surface area contributed by atoms with Gasteiger partial charge in [0.25, 0.3) is 0 Å². The van der Waals surface area contributed by atoms with Crippen molar-refractivity contribution in [3.63, 3.8) is 0 Å². The molecule has 1 aliphatic heterocycles. The molecule has 5 N–H and O–H groups in total. The molecule has 0 radical (unpaired) electrons. The van der Waals surface area contributed by atoms with Gasteiger partial charge >= 0.3 is 29.6 Å². The molecular formula is C26H32N3NaO6S2. The molecule has 0 amide bonds. The Hall–Kier alpha value is -1.86. The Morgan fingerprint density at radius 1 is 1.13 bits per heavy atom. The number of aliphatic hydroxyl groups is 1. The zero-order valence-electron chi connectivity index (χ0n) is 20.7. The average Bonchev–Trinajstić information content (AvgIpc) is 2.83. The summed E-state index contributed by atoms with van der Waals surface area (Å²) in [5.41, 5.74) is 0.677. The van der Waals surface area contributed by atoms with Crippen molar-refractivity contribution in [2.75, 3.05) is 16.3 Å². The number of anilines is 2. The Balaban J connectivity index is 0.00000336. The summed E-state index contributed by atoms with van der Waals surface area (Å²) in [4.78, 5) is 14.1. The number of amidine groups is 1. The van der Waals surface area contributed by atoms with Crippen molar-refractivity contribution < 1.29 is 27.4 Å². The summed E-state index contributed by atoms with van der Waals surface area (Å²) in [5, 5.41) is 14.3. The number of Topliss-reactive ketones (excluding diaryl/α,β-unsaturated/α-hetero) is 1. The number of rotatable bonds is 5. The molecule has 200 valence electrons. The Morgan fingerprint density at radius 2 is 1.82 bits per heavy atom. The zero-order chi connectivity index (χ0) is 26.6. The van der Waals surface area contributed by atoms with Gasteiger partial charge in [-0.15, -0.1) is 4.40 Å². The summed E-state index contributed by atoms with van der Waals surface area (Å²) in [5.74, 6) is -0.333. The summed E-state index contributed by atoms with van der Waals surface area (Å²) >= 11 is 0. The minimum absolute atomic E-state index is 0. The number of nitrogens with one attached hydrogen (secondary N) is 2. The number of ketones is 1. The third-order valence-corrected chi connectivity index (χ3v) is 9.42. The molecule has 1 heterocycles. The Labute approximate surface area is 246 Å². The fourth-order valence-corrected chi connectivity index (χ4v) is 7.51. The molecule has 3 aliphatic rings. The van der Waals surface area contributed by atoms with Crippen molar-refractivity contribution in [3.8, 4) is 0 Å². The monoisotopic (exact) mass is 569 g/mol. The summed E-state index contributed by atoms with van der Waals surface area (Å²) in [7, 11) is -7.40. The topological polar surface area (TPSA) is 148 Å². The maximum absolute atomic E-state index is 14.2. The van der Waals surface area contributed by atoms with Crippen molar-refractivity contribution in [2.45, 2.75) is 55.8 Å². The molecule has 0 saturated heterocycles. The molecule has 1 atom stereocenters. The van der Waals surface area contributed by atoms with Gasteiger partial charge < -0.3 is 10.4 Å². The number of aliphatic hydroxyl groups excluding tert-OH is 1. The van der Waals surface area contributed by atoms with Crippen LogP contribution in [0.5, 0.6) is 0 Å². The van der Waals surface area contributed by atoms with E-state index in [1.54, 1.807) is 12.1 Å². The van der Waals surface area contributed by atoms with E-state index in [1.165, 1.54) is 24.6 Å². The van der Waals surface area contributed by atoms with Crippen molar-refractivity contribution in [3.05, 3.63) is 59.2 Å². The van der Waals surface area contributed by atoms with Crippen LogP contribution in [-0.4, -0.2) is 70.1 Å². The van der Waals surface area contributed by atoms with Gasteiger partial charge in [-0.2, -0.15) is 0 Å². The van der Waals surface area contributed by atoms with E-state index in [0.29, 0.717) is 17.9 Å². The van der Waals surface area contributed by atoms with E-state index >= 15 is 0 Å². The van der Waals surface area contributed by atoms with Gasteiger partial charge in [0.15, 0.2) is 11.6 Å². The van der Waals surface area contributed by atoms with E-state index in [9.17, 15) is 27.4 Å². The quantitative estimate of drug-likeness (QED) is 0.317. The summed E-state index contributed by atoms with van der Waals surface area (Å²) in [6, 6.07) is 11.5. The van der Waals surface area contributed by atoms with Crippen molar-refractivity contribution in [1.82, 2.24) is 0 Å². The summed E-state index contributed by atoms with van der Waals surface area (Å²) in [6.07, 6.45) is 7.17. The molecule has 1 saturated carbocycles.